The van der Waals surface area contributed by atoms with Crippen molar-refractivity contribution in [2.45, 2.75) is 0 Å². The van der Waals surface area contributed by atoms with Crippen LogP contribution in [-0.2, 0) is 18.5 Å². The average Bonchev–Trinajstić information content (AvgIpc) is 1.57. The van der Waals surface area contributed by atoms with Crippen LogP contribution in [0.1, 0.15) is 0 Å². The van der Waals surface area contributed by atoms with Gasteiger partial charge in [-0.3, -0.25) is 4.57 Å². The Bertz CT molecular complexity index is 168. The molecule has 0 amide bonds. The fourth-order valence-corrected chi connectivity index (χ4v) is 0.747. The molecule has 1 N–H and O–H groups in total. The Kier molecular flexibility index (Phi) is 20.1. The average molecular weight is 260 g/mol. The van der Waals surface area contributed by atoms with Crippen LogP contribution in [0, 0.1) is 0 Å². The van der Waals surface area contributed by atoms with Crippen LogP contribution in [-0.4, -0.2) is 4.89 Å². The summed E-state index contributed by atoms with van der Waals surface area (Å²) in [5, 5.41) is 0. The van der Waals surface area contributed by atoms with Crippen LogP contribution in [0.2, 0.25) is 0 Å². The zero-order valence-corrected chi connectivity index (χ0v) is 15.0. The topological polar surface area (TPSA) is 142 Å². The van der Waals surface area contributed by atoms with E-state index in [4.69, 9.17) is 4.89 Å². The molecule has 0 saturated carbocycles. The molecular formula is HNa3O8P2. The SMILES string of the molecule is O=P([O-])([O-])OOP(=O)([O-])O.[Na+].[Na+].[Na+]. The second-order valence-electron chi connectivity index (χ2n) is 1.06. The summed E-state index contributed by atoms with van der Waals surface area (Å²) in [4.78, 5) is 36.0. The number of phosphoric acid groups is 2. The molecule has 0 fully saturated rings. The summed E-state index contributed by atoms with van der Waals surface area (Å²) in [6.45, 7) is 0. The predicted molar refractivity (Wildman–Crippen MR) is 19.6 cm³/mol. The van der Waals surface area contributed by atoms with Crippen molar-refractivity contribution < 1.29 is 127 Å². The standard InChI is InChI=1S/3Na.H4O8P2/c;;;1-9(2,3)7-8-10(4,5)6/h;;;(H2,1,2,3)(H2,4,5,6)/q3*+1;/p-3. The van der Waals surface area contributed by atoms with Gasteiger partial charge in [0.15, 0.2) is 0 Å². The van der Waals surface area contributed by atoms with Gasteiger partial charge in [0.2, 0.25) is 0 Å². The van der Waals surface area contributed by atoms with Crippen molar-refractivity contribution in [1.82, 2.24) is 0 Å². The quantitative estimate of drug-likeness (QED) is 0.228. The van der Waals surface area contributed by atoms with E-state index in [0.717, 1.165) is 0 Å². The van der Waals surface area contributed by atoms with Crippen LogP contribution in [0.15, 0.2) is 0 Å². The Hall–Kier alpha value is 3.22. The minimum atomic E-state index is -5.52. The largest absolute Gasteiger partial charge is 1.00 e. The second-order valence-corrected chi connectivity index (χ2v) is 3.19. The van der Waals surface area contributed by atoms with Crippen molar-refractivity contribution in [3.8, 4) is 0 Å². The molecule has 0 aliphatic carbocycles. The first-order valence-corrected chi connectivity index (χ1v) is 4.60. The van der Waals surface area contributed by atoms with Gasteiger partial charge >= 0.3 is 88.7 Å². The van der Waals surface area contributed by atoms with E-state index in [1.165, 1.54) is 0 Å². The van der Waals surface area contributed by atoms with Gasteiger partial charge in [-0.2, -0.15) is 9.35 Å². The molecule has 0 rings (SSSR count). The Morgan fingerprint density at radius 2 is 1.23 bits per heavy atom. The van der Waals surface area contributed by atoms with E-state index < -0.39 is 15.6 Å². The van der Waals surface area contributed by atoms with E-state index in [0.29, 0.717) is 0 Å². The maximum absolute atomic E-state index is 9.52. The van der Waals surface area contributed by atoms with E-state index in [1.54, 1.807) is 0 Å². The third-order valence-electron chi connectivity index (χ3n) is 0.219. The summed E-state index contributed by atoms with van der Waals surface area (Å²) in [6, 6.07) is 0. The van der Waals surface area contributed by atoms with Crippen LogP contribution in [0.5, 0.6) is 0 Å². The third kappa shape index (κ3) is 25.5. The van der Waals surface area contributed by atoms with Crippen LogP contribution in [0.25, 0.3) is 0 Å². The van der Waals surface area contributed by atoms with E-state index in [9.17, 15) is 23.8 Å². The molecule has 0 spiro atoms. The first kappa shape index (κ1) is 25.2. The molecule has 0 bridgehead atoms. The molecule has 62 valence electrons. The molecule has 0 aromatic rings. The van der Waals surface area contributed by atoms with Gasteiger partial charge in [0.25, 0.3) is 7.82 Å². The van der Waals surface area contributed by atoms with Gasteiger partial charge in [-0.05, 0) is 0 Å². The molecule has 0 aliphatic heterocycles. The molecule has 0 saturated heterocycles. The zero-order valence-electron chi connectivity index (χ0n) is 7.20. The first-order valence-electron chi connectivity index (χ1n) is 1.64. The van der Waals surface area contributed by atoms with E-state index in [1.807, 2.05) is 0 Å². The van der Waals surface area contributed by atoms with Gasteiger partial charge in [0.1, 0.15) is 7.82 Å². The van der Waals surface area contributed by atoms with E-state index in [-0.39, 0.29) is 88.7 Å². The van der Waals surface area contributed by atoms with E-state index in [2.05, 4.69) is 9.35 Å². The predicted octanol–water partition coefficient (Wildman–Crippen LogP) is -11.8. The molecule has 0 aliphatic rings. The minimum Gasteiger partial charge on any atom is -0.788 e. The molecule has 0 heterocycles. The van der Waals surface area contributed by atoms with Gasteiger partial charge in [0.05, 0.1) is 0 Å². The first-order chi connectivity index (χ1) is 4.21. The Morgan fingerprint density at radius 1 is 0.923 bits per heavy atom. The molecule has 13 heteroatoms. The summed E-state index contributed by atoms with van der Waals surface area (Å²) in [5.41, 5.74) is 0. The summed E-state index contributed by atoms with van der Waals surface area (Å²) in [7, 11) is -10.8. The van der Waals surface area contributed by atoms with Crippen LogP contribution in [0.4, 0.5) is 0 Å². The monoisotopic (exact) mass is 260 g/mol. The Morgan fingerprint density at radius 3 is 1.31 bits per heavy atom. The fourth-order valence-electron chi connectivity index (χ4n) is 0.0829. The summed E-state index contributed by atoms with van der Waals surface area (Å²) in [6.07, 6.45) is 0. The van der Waals surface area contributed by atoms with Gasteiger partial charge < -0.3 is 24.1 Å². The summed E-state index contributed by atoms with van der Waals surface area (Å²) < 4.78 is 24.4. The number of rotatable bonds is 3. The Balaban J connectivity index is -0.000000135. The smallest absolute Gasteiger partial charge is 0.788 e. The van der Waals surface area contributed by atoms with Crippen molar-refractivity contribution in [3.63, 3.8) is 0 Å². The molecule has 0 radical (unpaired) electrons. The fraction of sp³-hybridized carbons (Fsp3) is 0. The number of hydrogen-bond acceptors (Lipinski definition) is 7. The van der Waals surface area contributed by atoms with Gasteiger partial charge in [-0.15, -0.1) is 0 Å². The maximum atomic E-state index is 9.52. The van der Waals surface area contributed by atoms with Crippen LogP contribution >= 0.6 is 15.6 Å². The maximum Gasteiger partial charge on any atom is 1.00 e. The second kappa shape index (κ2) is 10.4. The summed E-state index contributed by atoms with van der Waals surface area (Å²) >= 11 is 0. The normalized spacial score (nSPS) is 14.2. The molecule has 0 aromatic heterocycles. The molecule has 13 heavy (non-hydrogen) atoms. The van der Waals surface area contributed by atoms with E-state index >= 15 is 0 Å². The van der Waals surface area contributed by atoms with Crippen molar-refractivity contribution in [2.75, 3.05) is 0 Å². The Labute approximate surface area is 140 Å². The zero-order chi connectivity index (χ0) is 8.41. The van der Waals surface area contributed by atoms with Crippen molar-refractivity contribution in [1.29, 1.82) is 0 Å². The summed E-state index contributed by atoms with van der Waals surface area (Å²) in [5.74, 6) is 0. The van der Waals surface area contributed by atoms with Gasteiger partial charge in [0, 0.05) is 0 Å². The van der Waals surface area contributed by atoms with Crippen LogP contribution in [0.3, 0.4) is 0 Å². The molecular weight excluding hydrogens is 259 g/mol. The number of hydrogen-bond donors (Lipinski definition) is 1. The molecule has 1 unspecified atom stereocenters. The van der Waals surface area contributed by atoms with Crippen LogP contribution < -0.4 is 103 Å². The van der Waals surface area contributed by atoms with Gasteiger partial charge in [-0.25, -0.2) is 0 Å². The molecule has 1 atom stereocenters. The van der Waals surface area contributed by atoms with Gasteiger partial charge in [-0.1, -0.05) is 0 Å². The van der Waals surface area contributed by atoms with Crippen molar-refractivity contribution >= 4 is 15.6 Å². The van der Waals surface area contributed by atoms with Crippen molar-refractivity contribution in [2.24, 2.45) is 0 Å². The van der Waals surface area contributed by atoms with Crippen molar-refractivity contribution in [3.05, 3.63) is 0 Å². The third-order valence-corrected chi connectivity index (χ3v) is 0.856. The molecule has 8 nitrogen and oxygen atoms in total. The minimum absolute atomic E-state index is 0. The molecule has 0 aromatic carbocycles.